The number of rotatable bonds is 11. The minimum Gasteiger partial charge on any atom is -0.496 e. The average molecular weight is 551 g/mol. The molecule has 0 fully saturated rings. The zero-order valence-corrected chi connectivity index (χ0v) is 22.7. The Kier molecular flexibility index (Phi) is 7.94. The summed E-state index contributed by atoms with van der Waals surface area (Å²) < 4.78 is 47.7. The van der Waals surface area contributed by atoms with Crippen molar-refractivity contribution in [1.29, 1.82) is 0 Å². The van der Waals surface area contributed by atoms with Crippen LogP contribution in [0.15, 0.2) is 52.7 Å². The summed E-state index contributed by atoms with van der Waals surface area (Å²) in [5.41, 5.74) is 1.61. The minimum atomic E-state index is -3.89. The molecule has 0 radical (unpaired) electrons. The number of fused-ring (bicyclic) bond motifs is 1. The highest BCUT2D eigenvalue weighted by Gasteiger charge is 2.23. The summed E-state index contributed by atoms with van der Waals surface area (Å²) in [6.45, 7) is 1.68. The summed E-state index contributed by atoms with van der Waals surface area (Å²) in [6.07, 6.45) is 0. The molecule has 4 aromatic rings. The lowest BCUT2D eigenvalue weighted by Gasteiger charge is -2.14. The van der Waals surface area contributed by atoms with Gasteiger partial charge < -0.3 is 19.1 Å². The number of methoxy groups -OCH3 is 2. The van der Waals surface area contributed by atoms with Crippen LogP contribution in [0.4, 0.5) is 5.82 Å². The van der Waals surface area contributed by atoms with Gasteiger partial charge in [-0.15, -0.1) is 11.3 Å². The molecule has 2 heterocycles. The van der Waals surface area contributed by atoms with Crippen molar-refractivity contribution in [2.24, 2.45) is 0 Å². The van der Waals surface area contributed by atoms with Crippen LogP contribution in [0.1, 0.15) is 5.56 Å². The lowest BCUT2D eigenvalue weighted by Crippen LogP contribution is -2.19. The number of anilines is 1. The third-order valence-electron chi connectivity index (χ3n) is 5.36. The van der Waals surface area contributed by atoms with E-state index in [1.807, 2.05) is 49.3 Å². The van der Waals surface area contributed by atoms with Crippen LogP contribution in [0, 0.1) is 0 Å². The van der Waals surface area contributed by atoms with Crippen molar-refractivity contribution in [2.45, 2.75) is 10.8 Å². The Hall–Kier alpha value is -2.99. The summed E-state index contributed by atoms with van der Waals surface area (Å²) in [5.74, 6) is 1.93. The van der Waals surface area contributed by atoms with Crippen molar-refractivity contribution < 1.29 is 22.6 Å². The Morgan fingerprint density at radius 1 is 1.06 bits per heavy atom. The van der Waals surface area contributed by atoms with E-state index in [-0.39, 0.29) is 10.0 Å². The fourth-order valence-corrected chi connectivity index (χ4v) is 6.11. The van der Waals surface area contributed by atoms with E-state index in [4.69, 9.17) is 25.8 Å². The molecule has 2 aromatic carbocycles. The molecule has 0 spiro atoms. The number of benzene rings is 2. The van der Waals surface area contributed by atoms with Crippen molar-refractivity contribution >= 4 is 49.7 Å². The lowest BCUT2D eigenvalue weighted by atomic mass is 10.2. The predicted molar refractivity (Wildman–Crippen MR) is 143 cm³/mol. The van der Waals surface area contributed by atoms with Gasteiger partial charge in [-0.05, 0) is 56.1 Å². The van der Waals surface area contributed by atoms with E-state index < -0.39 is 10.0 Å². The largest absolute Gasteiger partial charge is 0.496 e. The molecule has 0 saturated heterocycles. The number of halogens is 1. The van der Waals surface area contributed by atoms with Crippen molar-refractivity contribution in [1.82, 2.24) is 14.7 Å². The SMILES string of the molecule is COc1cc(Cn2nc(NS(=O)(=O)c3ccc(Cl)s3)c3c(OC)cccc32)ccc1OCCN(C)C. The molecule has 0 amide bonds. The van der Waals surface area contributed by atoms with Gasteiger partial charge in [-0.2, -0.15) is 5.10 Å². The van der Waals surface area contributed by atoms with Gasteiger partial charge in [0.1, 0.15) is 16.6 Å². The van der Waals surface area contributed by atoms with E-state index in [0.717, 1.165) is 23.4 Å². The molecule has 0 unspecified atom stereocenters. The number of ether oxygens (including phenoxy) is 3. The van der Waals surface area contributed by atoms with Crippen molar-refractivity contribution in [3.63, 3.8) is 0 Å². The van der Waals surface area contributed by atoms with Crippen molar-refractivity contribution in [3.05, 3.63) is 58.4 Å². The predicted octanol–water partition coefficient (Wildman–Crippen LogP) is 4.56. The van der Waals surface area contributed by atoms with Crippen molar-refractivity contribution in [2.75, 3.05) is 46.2 Å². The molecule has 36 heavy (non-hydrogen) atoms. The summed E-state index contributed by atoms with van der Waals surface area (Å²) in [4.78, 5) is 2.04. The first-order valence-electron chi connectivity index (χ1n) is 11.0. The number of sulfonamides is 1. The van der Waals surface area contributed by atoms with Crippen LogP contribution in [0.25, 0.3) is 10.9 Å². The van der Waals surface area contributed by atoms with Gasteiger partial charge in [0.15, 0.2) is 17.3 Å². The zero-order valence-electron chi connectivity index (χ0n) is 20.3. The zero-order chi connectivity index (χ0) is 25.9. The minimum absolute atomic E-state index is 0.0969. The molecule has 0 aliphatic rings. The van der Waals surface area contributed by atoms with E-state index in [2.05, 4.69) is 9.82 Å². The first-order chi connectivity index (χ1) is 17.2. The highest BCUT2D eigenvalue weighted by molar-refractivity contribution is 7.94. The third kappa shape index (κ3) is 5.70. The fraction of sp³-hybridized carbons (Fsp3) is 0.292. The maximum atomic E-state index is 13.0. The molecule has 12 heteroatoms. The van der Waals surface area contributed by atoms with E-state index >= 15 is 0 Å². The molecular formula is C24H27ClN4O5S2. The molecule has 0 aliphatic carbocycles. The normalized spacial score (nSPS) is 11.7. The van der Waals surface area contributed by atoms with Gasteiger partial charge in [-0.3, -0.25) is 9.40 Å². The number of hydrogen-bond donors (Lipinski definition) is 1. The number of nitrogens with zero attached hydrogens (tertiary/aromatic N) is 3. The molecule has 0 aliphatic heterocycles. The maximum Gasteiger partial charge on any atom is 0.272 e. The quantitative estimate of drug-likeness (QED) is 0.292. The van der Waals surface area contributed by atoms with Gasteiger partial charge >= 0.3 is 0 Å². The van der Waals surface area contributed by atoms with Gasteiger partial charge in [0.2, 0.25) is 0 Å². The Labute approximate surface area is 219 Å². The Balaban J connectivity index is 1.67. The monoisotopic (exact) mass is 550 g/mol. The van der Waals surface area contributed by atoms with Crippen LogP contribution in [0.3, 0.4) is 0 Å². The Bertz CT molecular complexity index is 1470. The summed E-state index contributed by atoms with van der Waals surface area (Å²) in [7, 11) is 3.20. The Morgan fingerprint density at radius 3 is 2.50 bits per heavy atom. The summed E-state index contributed by atoms with van der Waals surface area (Å²) in [5, 5.41) is 5.16. The standard InChI is InChI=1S/C24H27ClN4O5S2/c1-28(2)12-13-34-18-9-8-16(14-20(18)33-4)15-29-17-6-5-7-19(32-3)23(17)24(26-29)27-36(30,31)22-11-10-21(25)35-22/h5-11,14H,12-13,15H2,1-4H3,(H,26,27). The van der Waals surface area contributed by atoms with E-state index in [0.29, 0.717) is 45.6 Å². The van der Waals surface area contributed by atoms with Crippen molar-refractivity contribution in [3.8, 4) is 17.2 Å². The van der Waals surface area contributed by atoms with Gasteiger partial charge in [0.05, 0.1) is 36.0 Å². The van der Waals surface area contributed by atoms with Crippen LogP contribution in [-0.2, 0) is 16.6 Å². The molecule has 2 aromatic heterocycles. The average Bonchev–Trinajstić information content (AvgIpc) is 3.43. The van der Waals surface area contributed by atoms with Gasteiger partial charge in [0.25, 0.3) is 10.0 Å². The maximum absolute atomic E-state index is 13.0. The summed E-state index contributed by atoms with van der Waals surface area (Å²) in [6, 6.07) is 14.1. The number of thiophene rings is 1. The lowest BCUT2D eigenvalue weighted by molar-refractivity contribution is 0.250. The van der Waals surface area contributed by atoms with E-state index in [9.17, 15) is 8.42 Å². The number of aromatic nitrogens is 2. The van der Waals surface area contributed by atoms with Crippen LogP contribution in [0.2, 0.25) is 4.34 Å². The molecule has 0 saturated carbocycles. The van der Waals surface area contributed by atoms with E-state index in [1.165, 1.54) is 13.2 Å². The second-order valence-electron chi connectivity index (χ2n) is 8.16. The van der Waals surface area contributed by atoms with Gasteiger partial charge in [-0.1, -0.05) is 23.7 Å². The number of hydrogen-bond acceptors (Lipinski definition) is 8. The molecule has 1 N–H and O–H groups in total. The molecule has 0 bridgehead atoms. The first kappa shape index (κ1) is 26.1. The number of nitrogens with one attached hydrogen (secondary N) is 1. The highest BCUT2D eigenvalue weighted by Crippen LogP contribution is 2.35. The first-order valence-corrected chi connectivity index (χ1v) is 13.7. The van der Waals surface area contributed by atoms with Crippen LogP contribution >= 0.6 is 22.9 Å². The van der Waals surface area contributed by atoms with Crippen LogP contribution in [0.5, 0.6) is 17.2 Å². The Morgan fingerprint density at radius 2 is 1.83 bits per heavy atom. The number of likely N-dealkylation sites (N-methyl/N-ethyl adjacent to an activating group) is 1. The third-order valence-corrected chi connectivity index (χ3v) is 8.42. The second kappa shape index (κ2) is 11.0. The van der Waals surface area contributed by atoms with E-state index in [1.54, 1.807) is 23.9 Å². The summed E-state index contributed by atoms with van der Waals surface area (Å²) >= 11 is 6.92. The smallest absolute Gasteiger partial charge is 0.272 e. The van der Waals surface area contributed by atoms with Gasteiger partial charge in [-0.25, -0.2) is 8.42 Å². The van der Waals surface area contributed by atoms with Gasteiger partial charge in [0, 0.05) is 6.54 Å². The van der Waals surface area contributed by atoms with Crippen LogP contribution < -0.4 is 18.9 Å². The molecule has 4 rings (SSSR count). The molecular weight excluding hydrogens is 524 g/mol. The highest BCUT2D eigenvalue weighted by atomic mass is 35.5. The second-order valence-corrected chi connectivity index (χ2v) is 11.8. The molecule has 9 nitrogen and oxygen atoms in total. The topological polar surface area (TPSA) is 94.9 Å². The molecule has 192 valence electrons. The molecule has 0 atom stereocenters. The van der Waals surface area contributed by atoms with Crippen LogP contribution in [-0.4, -0.2) is 64.6 Å². The fourth-order valence-electron chi connectivity index (χ4n) is 3.62.